The van der Waals surface area contributed by atoms with Gasteiger partial charge in [0.1, 0.15) is 5.54 Å². The zero-order chi connectivity index (χ0) is 14.2. The second-order valence-electron chi connectivity index (χ2n) is 5.82. The van der Waals surface area contributed by atoms with E-state index in [0.29, 0.717) is 25.9 Å². The molecule has 7 nitrogen and oxygen atoms in total. The van der Waals surface area contributed by atoms with Crippen LogP contribution in [0, 0.1) is 0 Å². The number of likely N-dealkylation sites (tertiary alicyclic amines) is 1. The fourth-order valence-corrected chi connectivity index (χ4v) is 3.27. The Hall–Kier alpha value is -1.63. The molecule has 0 aromatic heterocycles. The molecule has 7 heteroatoms. The molecular formula is C13H20N4O3. The van der Waals surface area contributed by atoms with Crippen molar-refractivity contribution in [2.24, 2.45) is 0 Å². The average Bonchev–Trinajstić information content (AvgIpc) is 2.74. The van der Waals surface area contributed by atoms with Gasteiger partial charge in [0.2, 0.25) is 5.91 Å². The van der Waals surface area contributed by atoms with Gasteiger partial charge in [-0.3, -0.25) is 14.9 Å². The van der Waals surface area contributed by atoms with Crippen LogP contribution in [0.2, 0.25) is 0 Å². The normalized spacial score (nSPS) is 29.2. The first-order valence-corrected chi connectivity index (χ1v) is 7.26. The maximum atomic E-state index is 12.4. The molecule has 3 saturated heterocycles. The molecule has 3 rings (SSSR count). The Kier molecular flexibility index (Phi) is 3.37. The van der Waals surface area contributed by atoms with Crippen LogP contribution in [0.15, 0.2) is 0 Å². The van der Waals surface area contributed by atoms with Gasteiger partial charge in [0, 0.05) is 13.1 Å². The molecule has 3 aliphatic heterocycles. The van der Waals surface area contributed by atoms with Crippen molar-refractivity contribution in [3.8, 4) is 0 Å². The highest BCUT2D eigenvalue weighted by atomic mass is 16.2. The monoisotopic (exact) mass is 280 g/mol. The number of nitrogens with zero attached hydrogens (tertiary/aromatic N) is 1. The first-order valence-electron chi connectivity index (χ1n) is 7.26. The van der Waals surface area contributed by atoms with E-state index in [2.05, 4.69) is 16.0 Å². The van der Waals surface area contributed by atoms with E-state index in [-0.39, 0.29) is 17.9 Å². The Morgan fingerprint density at radius 3 is 2.50 bits per heavy atom. The van der Waals surface area contributed by atoms with Crippen LogP contribution in [-0.2, 0) is 9.59 Å². The number of imide groups is 1. The van der Waals surface area contributed by atoms with Crippen LogP contribution in [0.25, 0.3) is 0 Å². The summed E-state index contributed by atoms with van der Waals surface area (Å²) >= 11 is 0. The Bertz CT molecular complexity index is 437. The maximum absolute atomic E-state index is 12.4. The molecular weight excluding hydrogens is 260 g/mol. The number of hydrogen-bond acceptors (Lipinski definition) is 4. The molecule has 4 amide bonds. The maximum Gasteiger partial charge on any atom is 0.322 e. The molecule has 0 saturated carbocycles. The Morgan fingerprint density at radius 2 is 1.95 bits per heavy atom. The average molecular weight is 280 g/mol. The fraction of sp³-hybridized carbons (Fsp3) is 0.769. The standard InChI is InChI=1S/C13H20N4O3/c18-10(9-3-1-2-6-14-9)17-7-4-13(5-8-17)11(19)15-12(20)16-13/h9,14H,1-8H2,(H2,15,16,19,20). The van der Waals surface area contributed by atoms with Crippen molar-refractivity contribution >= 4 is 17.8 Å². The number of carbonyl (C=O) groups is 3. The summed E-state index contributed by atoms with van der Waals surface area (Å²) in [4.78, 5) is 37.3. The molecule has 3 heterocycles. The van der Waals surface area contributed by atoms with Crippen molar-refractivity contribution in [1.29, 1.82) is 0 Å². The van der Waals surface area contributed by atoms with Crippen LogP contribution >= 0.6 is 0 Å². The lowest BCUT2D eigenvalue weighted by molar-refractivity contribution is -0.138. The SMILES string of the molecule is O=C1NC(=O)C2(CCN(C(=O)C3CCCCN3)CC2)N1. The first kappa shape index (κ1) is 13.4. The summed E-state index contributed by atoms with van der Waals surface area (Å²) in [6, 6.07) is -0.506. The van der Waals surface area contributed by atoms with Gasteiger partial charge < -0.3 is 15.5 Å². The third-order valence-corrected chi connectivity index (χ3v) is 4.55. The van der Waals surface area contributed by atoms with E-state index in [0.717, 1.165) is 25.8 Å². The van der Waals surface area contributed by atoms with Crippen LogP contribution in [0.1, 0.15) is 32.1 Å². The predicted molar refractivity (Wildman–Crippen MR) is 70.9 cm³/mol. The Labute approximate surface area is 117 Å². The molecule has 20 heavy (non-hydrogen) atoms. The van der Waals surface area contributed by atoms with Gasteiger partial charge in [-0.2, -0.15) is 0 Å². The van der Waals surface area contributed by atoms with Gasteiger partial charge in [-0.15, -0.1) is 0 Å². The van der Waals surface area contributed by atoms with Gasteiger partial charge >= 0.3 is 6.03 Å². The molecule has 0 aromatic carbocycles. The van der Waals surface area contributed by atoms with Crippen LogP contribution in [0.5, 0.6) is 0 Å². The topological polar surface area (TPSA) is 90.5 Å². The van der Waals surface area contributed by atoms with Crippen LogP contribution in [0.4, 0.5) is 4.79 Å². The molecule has 1 spiro atoms. The number of nitrogens with one attached hydrogen (secondary N) is 3. The smallest absolute Gasteiger partial charge is 0.322 e. The van der Waals surface area contributed by atoms with Crippen LogP contribution in [-0.4, -0.2) is 54.0 Å². The van der Waals surface area contributed by atoms with Crippen LogP contribution < -0.4 is 16.0 Å². The fourth-order valence-electron chi connectivity index (χ4n) is 3.27. The third-order valence-electron chi connectivity index (χ3n) is 4.55. The summed E-state index contributed by atoms with van der Waals surface area (Å²) < 4.78 is 0. The number of rotatable bonds is 1. The zero-order valence-electron chi connectivity index (χ0n) is 11.4. The lowest BCUT2D eigenvalue weighted by Gasteiger charge is -2.39. The quantitative estimate of drug-likeness (QED) is 0.556. The van der Waals surface area contributed by atoms with Crippen molar-refractivity contribution in [3.63, 3.8) is 0 Å². The molecule has 110 valence electrons. The summed E-state index contributed by atoms with van der Waals surface area (Å²) in [5.41, 5.74) is -0.798. The number of carbonyl (C=O) groups excluding carboxylic acids is 3. The Morgan fingerprint density at radius 1 is 1.20 bits per heavy atom. The lowest BCUT2D eigenvalue weighted by Crippen LogP contribution is -2.58. The first-order chi connectivity index (χ1) is 9.61. The number of amides is 4. The number of piperidine rings is 2. The van der Waals surface area contributed by atoms with E-state index >= 15 is 0 Å². The molecule has 0 bridgehead atoms. The highest BCUT2D eigenvalue weighted by Gasteiger charge is 2.48. The summed E-state index contributed by atoms with van der Waals surface area (Å²) in [6.45, 7) is 1.93. The number of urea groups is 1. The van der Waals surface area contributed by atoms with E-state index in [4.69, 9.17) is 0 Å². The minimum atomic E-state index is -0.798. The summed E-state index contributed by atoms with van der Waals surface area (Å²) in [5.74, 6) is -0.130. The summed E-state index contributed by atoms with van der Waals surface area (Å²) in [7, 11) is 0. The van der Waals surface area contributed by atoms with E-state index < -0.39 is 11.6 Å². The molecule has 0 aliphatic carbocycles. The molecule has 0 radical (unpaired) electrons. The lowest BCUT2D eigenvalue weighted by atomic mass is 9.87. The Balaban J connectivity index is 1.59. The van der Waals surface area contributed by atoms with Gasteiger partial charge in [-0.25, -0.2) is 4.79 Å². The van der Waals surface area contributed by atoms with Crippen molar-refractivity contribution in [1.82, 2.24) is 20.9 Å². The zero-order valence-corrected chi connectivity index (χ0v) is 11.4. The summed E-state index contributed by atoms with van der Waals surface area (Å²) in [6.07, 6.45) is 4.07. The molecule has 3 N–H and O–H groups in total. The van der Waals surface area contributed by atoms with E-state index in [1.54, 1.807) is 0 Å². The van der Waals surface area contributed by atoms with Gasteiger partial charge in [-0.05, 0) is 32.2 Å². The van der Waals surface area contributed by atoms with Crippen LogP contribution in [0.3, 0.4) is 0 Å². The third kappa shape index (κ3) is 2.26. The molecule has 3 aliphatic rings. The molecule has 1 atom stereocenters. The van der Waals surface area contributed by atoms with Gasteiger partial charge in [0.25, 0.3) is 5.91 Å². The van der Waals surface area contributed by atoms with Gasteiger partial charge in [0.15, 0.2) is 0 Å². The van der Waals surface area contributed by atoms with Crippen molar-refractivity contribution in [2.45, 2.75) is 43.7 Å². The van der Waals surface area contributed by atoms with E-state index in [9.17, 15) is 14.4 Å². The second-order valence-corrected chi connectivity index (χ2v) is 5.82. The van der Waals surface area contributed by atoms with Gasteiger partial charge in [-0.1, -0.05) is 6.42 Å². The highest BCUT2D eigenvalue weighted by molar-refractivity contribution is 6.07. The minimum absolute atomic E-state index is 0.0789. The van der Waals surface area contributed by atoms with Crippen molar-refractivity contribution in [2.75, 3.05) is 19.6 Å². The van der Waals surface area contributed by atoms with E-state index in [1.807, 2.05) is 4.90 Å². The minimum Gasteiger partial charge on any atom is -0.341 e. The molecule has 1 unspecified atom stereocenters. The van der Waals surface area contributed by atoms with E-state index in [1.165, 1.54) is 0 Å². The molecule has 0 aromatic rings. The van der Waals surface area contributed by atoms with Gasteiger partial charge in [0.05, 0.1) is 6.04 Å². The largest absolute Gasteiger partial charge is 0.341 e. The predicted octanol–water partition coefficient (Wildman–Crippen LogP) is -0.671. The molecule has 3 fully saturated rings. The van der Waals surface area contributed by atoms with Crippen molar-refractivity contribution < 1.29 is 14.4 Å². The number of hydrogen-bond donors (Lipinski definition) is 3. The van der Waals surface area contributed by atoms with Crippen molar-refractivity contribution in [3.05, 3.63) is 0 Å². The second kappa shape index (κ2) is 5.05. The highest BCUT2D eigenvalue weighted by Crippen LogP contribution is 2.26. The summed E-state index contributed by atoms with van der Waals surface area (Å²) in [5, 5.41) is 8.24.